The predicted octanol–water partition coefficient (Wildman–Crippen LogP) is 1.68. The minimum atomic E-state index is 0.000694. The van der Waals surface area contributed by atoms with E-state index in [9.17, 15) is 4.79 Å². The summed E-state index contributed by atoms with van der Waals surface area (Å²) in [5, 5.41) is 1.07. The molecule has 3 nitrogen and oxygen atoms in total. The fourth-order valence-electron chi connectivity index (χ4n) is 1.75. The van der Waals surface area contributed by atoms with E-state index in [2.05, 4.69) is 0 Å². The molecule has 0 amide bonds. The molecule has 78 valence electrons. The number of pyridine rings is 1. The molecule has 0 aliphatic carbocycles. The predicted molar refractivity (Wildman–Crippen MR) is 59.9 cm³/mol. The Hall–Kier alpha value is -1.61. The van der Waals surface area contributed by atoms with Crippen molar-refractivity contribution in [1.29, 1.82) is 0 Å². The number of nitrogens with zero attached hydrogens (tertiary/aromatic N) is 1. The number of ether oxygens (including phenoxy) is 1. The molecule has 0 saturated carbocycles. The van der Waals surface area contributed by atoms with Crippen molar-refractivity contribution in [3.05, 3.63) is 46.2 Å². The first kappa shape index (κ1) is 9.93. The van der Waals surface area contributed by atoms with Crippen LogP contribution in [0, 0.1) is 0 Å². The van der Waals surface area contributed by atoms with Crippen molar-refractivity contribution < 1.29 is 4.74 Å². The standard InChI is InChI=1S/C12H13NO2/c1-13-11-6-4-3-5-10(11)9(8-15-2)7-12(13)14/h3-7H,8H2,1-2H3. The SMILES string of the molecule is COCc1cc(=O)n(C)c2ccccc12. The van der Waals surface area contributed by atoms with Gasteiger partial charge in [-0.3, -0.25) is 4.79 Å². The number of hydrogen-bond acceptors (Lipinski definition) is 2. The van der Waals surface area contributed by atoms with E-state index in [1.54, 1.807) is 24.8 Å². The Kier molecular flexibility index (Phi) is 2.56. The average molecular weight is 203 g/mol. The summed E-state index contributed by atoms with van der Waals surface area (Å²) in [6.45, 7) is 0.469. The normalized spacial score (nSPS) is 10.8. The molecule has 2 aromatic rings. The monoisotopic (exact) mass is 203 g/mol. The highest BCUT2D eigenvalue weighted by molar-refractivity contribution is 5.82. The van der Waals surface area contributed by atoms with E-state index in [0.717, 1.165) is 16.5 Å². The fraction of sp³-hybridized carbons (Fsp3) is 0.250. The van der Waals surface area contributed by atoms with Crippen LogP contribution in [0.3, 0.4) is 0 Å². The number of rotatable bonds is 2. The Morgan fingerprint density at radius 2 is 2.07 bits per heavy atom. The zero-order valence-corrected chi connectivity index (χ0v) is 8.86. The van der Waals surface area contributed by atoms with Crippen LogP contribution in [0.25, 0.3) is 10.9 Å². The number of para-hydroxylation sites is 1. The minimum absolute atomic E-state index is 0.000694. The van der Waals surface area contributed by atoms with E-state index in [0.29, 0.717) is 6.61 Å². The van der Waals surface area contributed by atoms with Gasteiger partial charge in [-0.15, -0.1) is 0 Å². The molecule has 1 heterocycles. The van der Waals surface area contributed by atoms with Crippen LogP contribution in [0.2, 0.25) is 0 Å². The van der Waals surface area contributed by atoms with E-state index < -0.39 is 0 Å². The molecule has 0 fully saturated rings. The van der Waals surface area contributed by atoms with E-state index >= 15 is 0 Å². The van der Waals surface area contributed by atoms with E-state index in [1.165, 1.54) is 0 Å². The Morgan fingerprint density at radius 1 is 1.33 bits per heavy atom. The molecule has 0 bridgehead atoms. The second-order valence-electron chi connectivity index (χ2n) is 3.52. The highest BCUT2D eigenvalue weighted by Crippen LogP contribution is 2.16. The van der Waals surface area contributed by atoms with Crippen LogP contribution in [0.5, 0.6) is 0 Å². The molecule has 0 N–H and O–H groups in total. The maximum Gasteiger partial charge on any atom is 0.251 e. The summed E-state index contributed by atoms with van der Waals surface area (Å²) in [7, 11) is 3.41. The number of aromatic nitrogens is 1. The van der Waals surface area contributed by atoms with Crippen molar-refractivity contribution in [2.45, 2.75) is 6.61 Å². The van der Waals surface area contributed by atoms with Crippen LogP contribution >= 0.6 is 0 Å². The topological polar surface area (TPSA) is 31.2 Å². The smallest absolute Gasteiger partial charge is 0.251 e. The molecule has 3 heteroatoms. The van der Waals surface area contributed by atoms with Crippen LogP contribution in [0.4, 0.5) is 0 Å². The van der Waals surface area contributed by atoms with Crippen molar-refractivity contribution in [1.82, 2.24) is 4.57 Å². The van der Waals surface area contributed by atoms with Gasteiger partial charge in [0.05, 0.1) is 12.1 Å². The van der Waals surface area contributed by atoms with Crippen LogP contribution in [-0.2, 0) is 18.4 Å². The van der Waals surface area contributed by atoms with Gasteiger partial charge in [0.15, 0.2) is 0 Å². The number of benzene rings is 1. The Morgan fingerprint density at radius 3 is 2.80 bits per heavy atom. The lowest BCUT2D eigenvalue weighted by Gasteiger charge is -2.08. The summed E-state index contributed by atoms with van der Waals surface area (Å²) in [5.41, 5.74) is 1.88. The van der Waals surface area contributed by atoms with Gasteiger partial charge >= 0.3 is 0 Å². The van der Waals surface area contributed by atoms with Gasteiger partial charge in [-0.25, -0.2) is 0 Å². The van der Waals surface area contributed by atoms with Crippen molar-refractivity contribution in [2.75, 3.05) is 7.11 Å². The third kappa shape index (κ3) is 1.66. The van der Waals surface area contributed by atoms with Gasteiger partial charge in [-0.2, -0.15) is 0 Å². The summed E-state index contributed by atoms with van der Waals surface area (Å²) in [5.74, 6) is 0. The summed E-state index contributed by atoms with van der Waals surface area (Å²) in [6.07, 6.45) is 0. The first-order chi connectivity index (χ1) is 7.24. The Balaban J connectivity index is 2.82. The summed E-state index contributed by atoms with van der Waals surface area (Å²) >= 11 is 0. The molecule has 0 unspecified atom stereocenters. The van der Waals surface area contributed by atoms with Gasteiger partial charge in [0, 0.05) is 25.6 Å². The fourth-order valence-corrected chi connectivity index (χ4v) is 1.75. The van der Waals surface area contributed by atoms with Crippen LogP contribution < -0.4 is 5.56 Å². The Labute approximate surface area is 87.9 Å². The summed E-state index contributed by atoms with van der Waals surface area (Å²) in [6, 6.07) is 9.47. The van der Waals surface area contributed by atoms with Crippen molar-refractivity contribution >= 4 is 10.9 Å². The minimum Gasteiger partial charge on any atom is -0.380 e. The number of hydrogen-bond donors (Lipinski definition) is 0. The maximum atomic E-state index is 11.6. The lowest BCUT2D eigenvalue weighted by Crippen LogP contribution is -2.17. The largest absolute Gasteiger partial charge is 0.380 e. The van der Waals surface area contributed by atoms with Crippen LogP contribution in [0.15, 0.2) is 35.1 Å². The molecular formula is C12H13NO2. The number of methoxy groups -OCH3 is 1. The maximum absolute atomic E-state index is 11.6. The molecule has 0 atom stereocenters. The highest BCUT2D eigenvalue weighted by atomic mass is 16.5. The first-order valence-corrected chi connectivity index (χ1v) is 4.80. The highest BCUT2D eigenvalue weighted by Gasteiger charge is 2.04. The van der Waals surface area contributed by atoms with Crippen LogP contribution in [-0.4, -0.2) is 11.7 Å². The molecule has 0 radical (unpaired) electrons. The summed E-state index contributed by atoms with van der Waals surface area (Å²) < 4.78 is 6.73. The molecule has 1 aromatic heterocycles. The van der Waals surface area contributed by atoms with Crippen molar-refractivity contribution in [2.24, 2.45) is 7.05 Å². The molecule has 2 rings (SSSR count). The van der Waals surface area contributed by atoms with Gasteiger partial charge in [-0.05, 0) is 11.6 Å². The van der Waals surface area contributed by atoms with Crippen molar-refractivity contribution in [3.8, 4) is 0 Å². The van der Waals surface area contributed by atoms with E-state index in [1.807, 2.05) is 24.3 Å². The molecule has 15 heavy (non-hydrogen) atoms. The van der Waals surface area contributed by atoms with E-state index in [4.69, 9.17) is 4.74 Å². The molecular weight excluding hydrogens is 190 g/mol. The van der Waals surface area contributed by atoms with Gasteiger partial charge in [0.1, 0.15) is 0 Å². The molecule has 0 aliphatic heterocycles. The van der Waals surface area contributed by atoms with Gasteiger partial charge in [0.25, 0.3) is 5.56 Å². The van der Waals surface area contributed by atoms with Gasteiger partial charge in [0.2, 0.25) is 0 Å². The van der Waals surface area contributed by atoms with Gasteiger partial charge < -0.3 is 9.30 Å². The molecule has 0 spiro atoms. The lowest BCUT2D eigenvalue weighted by atomic mass is 10.1. The molecule has 0 aliphatic rings. The third-order valence-corrected chi connectivity index (χ3v) is 2.54. The average Bonchev–Trinajstić information content (AvgIpc) is 2.26. The lowest BCUT2D eigenvalue weighted by molar-refractivity contribution is 0.186. The number of aryl methyl sites for hydroxylation is 1. The molecule has 0 saturated heterocycles. The first-order valence-electron chi connectivity index (χ1n) is 4.80. The quantitative estimate of drug-likeness (QED) is 0.743. The van der Waals surface area contributed by atoms with Crippen LogP contribution in [0.1, 0.15) is 5.56 Å². The zero-order chi connectivity index (χ0) is 10.8. The zero-order valence-electron chi connectivity index (χ0n) is 8.86. The second-order valence-corrected chi connectivity index (χ2v) is 3.52. The molecule has 1 aromatic carbocycles. The third-order valence-electron chi connectivity index (χ3n) is 2.54. The van der Waals surface area contributed by atoms with Gasteiger partial charge in [-0.1, -0.05) is 18.2 Å². The number of fused-ring (bicyclic) bond motifs is 1. The van der Waals surface area contributed by atoms with E-state index in [-0.39, 0.29) is 5.56 Å². The Bertz CT molecular complexity index is 543. The van der Waals surface area contributed by atoms with Crippen molar-refractivity contribution in [3.63, 3.8) is 0 Å². The second kappa shape index (κ2) is 3.87. The summed E-state index contributed by atoms with van der Waals surface area (Å²) in [4.78, 5) is 11.6.